The van der Waals surface area contributed by atoms with Gasteiger partial charge in [0.2, 0.25) is 15.9 Å². The number of aryl methyl sites for hydroxylation is 1. The van der Waals surface area contributed by atoms with Gasteiger partial charge >= 0.3 is 0 Å². The number of rotatable bonds is 8. The maximum Gasteiger partial charge on any atom is 0.240 e. The normalized spacial score (nSPS) is 12.5. The molecule has 3 rings (SSSR count). The van der Waals surface area contributed by atoms with Crippen molar-refractivity contribution in [1.29, 1.82) is 0 Å². The van der Waals surface area contributed by atoms with Crippen LogP contribution >= 0.6 is 0 Å². The molecule has 1 amide bonds. The fourth-order valence-electron chi connectivity index (χ4n) is 3.36. The minimum absolute atomic E-state index is 0.0587. The van der Waals surface area contributed by atoms with Gasteiger partial charge in [0.05, 0.1) is 11.9 Å². The fourth-order valence-corrected chi connectivity index (χ4v) is 4.23. The van der Waals surface area contributed by atoms with Gasteiger partial charge < -0.3 is 5.32 Å². The summed E-state index contributed by atoms with van der Waals surface area (Å²) in [5, 5.41) is 4.65. The van der Waals surface area contributed by atoms with Crippen LogP contribution in [0.4, 0.5) is 5.69 Å². The molecule has 0 spiro atoms. The Labute approximate surface area is 172 Å². The van der Waals surface area contributed by atoms with Gasteiger partial charge in [-0.25, -0.2) is 8.42 Å². The molecule has 0 aliphatic rings. The first kappa shape index (κ1) is 20.9. The smallest absolute Gasteiger partial charge is 0.240 e. The minimum atomic E-state index is -3.62. The molecule has 1 N–H and O–H groups in total. The maximum absolute atomic E-state index is 12.6. The highest BCUT2D eigenvalue weighted by molar-refractivity contribution is 7.92. The molecule has 0 saturated heterocycles. The molecule has 0 heterocycles. The molecule has 152 valence electrons. The lowest BCUT2D eigenvalue weighted by Crippen LogP contribution is -2.43. The number of nitrogens with zero attached hydrogens (tertiary/aromatic N) is 1. The summed E-state index contributed by atoms with van der Waals surface area (Å²) in [5.74, 6) is -0.316. The summed E-state index contributed by atoms with van der Waals surface area (Å²) in [4.78, 5) is 12.6. The third-order valence-electron chi connectivity index (χ3n) is 4.84. The second-order valence-corrected chi connectivity index (χ2v) is 9.17. The molecule has 0 saturated carbocycles. The van der Waals surface area contributed by atoms with E-state index in [4.69, 9.17) is 0 Å². The van der Waals surface area contributed by atoms with E-state index >= 15 is 0 Å². The first-order valence-electron chi connectivity index (χ1n) is 9.63. The molecule has 5 nitrogen and oxygen atoms in total. The number of nitrogens with one attached hydrogen (secondary N) is 1. The SMILES string of the molecule is C[C@@H](CCc1ccccc1)NC(=O)CN(c1cccc2ccccc12)S(C)(=O)=O. The lowest BCUT2D eigenvalue weighted by Gasteiger charge is -2.24. The molecule has 0 aromatic heterocycles. The summed E-state index contributed by atoms with van der Waals surface area (Å²) < 4.78 is 26.1. The molecule has 1 atom stereocenters. The van der Waals surface area contributed by atoms with Crippen molar-refractivity contribution >= 4 is 32.4 Å². The van der Waals surface area contributed by atoms with Gasteiger partial charge in [-0.15, -0.1) is 0 Å². The van der Waals surface area contributed by atoms with Crippen molar-refractivity contribution in [3.05, 3.63) is 78.4 Å². The Hall–Kier alpha value is -2.86. The Morgan fingerprint density at radius 3 is 2.34 bits per heavy atom. The molecule has 6 heteroatoms. The van der Waals surface area contributed by atoms with Crippen LogP contribution in [0.2, 0.25) is 0 Å². The second kappa shape index (κ2) is 9.09. The van der Waals surface area contributed by atoms with Gasteiger partial charge in [0, 0.05) is 11.4 Å². The quantitative estimate of drug-likeness (QED) is 0.615. The predicted octanol–water partition coefficient (Wildman–Crippen LogP) is 3.74. The summed E-state index contributed by atoms with van der Waals surface area (Å²) in [5.41, 5.74) is 1.72. The Morgan fingerprint density at radius 2 is 1.62 bits per heavy atom. The van der Waals surface area contributed by atoms with Gasteiger partial charge in [0.15, 0.2) is 0 Å². The molecule has 0 radical (unpaired) electrons. The number of benzene rings is 3. The standard InChI is InChI=1S/C23H26N2O3S/c1-18(15-16-19-9-4-3-5-10-19)24-23(26)17-25(29(2,27)28)22-14-8-12-20-11-6-7-13-21(20)22/h3-14,18H,15-17H2,1-2H3,(H,24,26)/t18-/m0/s1. The van der Waals surface area contributed by atoms with E-state index in [1.54, 1.807) is 12.1 Å². The van der Waals surface area contributed by atoms with Crippen LogP contribution in [0.3, 0.4) is 0 Å². The van der Waals surface area contributed by atoms with Gasteiger partial charge in [-0.2, -0.15) is 0 Å². The van der Waals surface area contributed by atoms with Gasteiger partial charge in [0.25, 0.3) is 0 Å². The number of carbonyl (C=O) groups excluding carboxylic acids is 1. The van der Waals surface area contributed by atoms with Crippen molar-refractivity contribution in [3.63, 3.8) is 0 Å². The van der Waals surface area contributed by atoms with Crippen molar-refractivity contribution in [1.82, 2.24) is 5.32 Å². The Bertz CT molecular complexity index is 1080. The average molecular weight is 411 g/mol. The van der Waals surface area contributed by atoms with Crippen LogP contribution in [0.15, 0.2) is 72.8 Å². The highest BCUT2D eigenvalue weighted by Crippen LogP contribution is 2.28. The van der Waals surface area contributed by atoms with Gasteiger partial charge in [-0.1, -0.05) is 66.7 Å². The van der Waals surface area contributed by atoms with Crippen molar-refractivity contribution < 1.29 is 13.2 Å². The van der Waals surface area contributed by atoms with Crippen molar-refractivity contribution in [3.8, 4) is 0 Å². The maximum atomic E-state index is 12.6. The lowest BCUT2D eigenvalue weighted by atomic mass is 10.1. The minimum Gasteiger partial charge on any atom is -0.352 e. The van der Waals surface area contributed by atoms with Crippen LogP contribution in [0.1, 0.15) is 18.9 Å². The molecule has 0 bridgehead atoms. The van der Waals surface area contributed by atoms with E-state index < -0.39 is 10.0 Å². The van der Waals surface area contributed by atoms with E-state index in [1.807, 2.05) is 55.5 Å². The number of fused-ring (bicyclic) bond motifs is 1. The lowest BCUT2D eigenvalue weighted by molar-refractivity contribution is -0.120. The molecule has 3 aromatic rings. The molecular formula is C23H26N2O3S. The summed E-state index contributed by atoms with van der Waals surface area (Å²) in [7, 11) is -3.62. The number of hydrogen-bond donors (Lipinski definition) is 1. The summed E-state index contributed by atoms with van der Waals surface area (Å²) in [6.45, 7) is 1.69. The first-order valence-corrected chi connectivity index (χ1v) is 11.5. The third-order valence-corrected chi connectivity index (χ3v) is 5.97. The number of anilines is 1. The molecule has 3 aromatic carbocycles. The zero-order chi connectivity index (χ0) is 20.9. The van der Waals surface area contributed by atoms with E-state index in [-0.39, 0.29) is 18.5 Å². The highest BCUT2D eigenvalue weighted by atomic mass is 32.2. The third kappa shape index (κ3) is 5.57. The van der Waals surface area contributed by atoms with Crippen molar-refractivity contribution in [2.24, 2.45) is 0 Å². The molecule has 0 unspecified atom stereocenters. The summed E-state index contributed by atoms with van der Waals surface area (Å²) in [6.07, 6.45) is 2.76. The Balaban J connectivity index is 1.71. The Kier molecular flexibility index (Phi) is 6.54. The summed E-state index contributed by atoms with van der Waals surface area (Å²) in [6, 6.07) is 23.0. The van der Waals surface area contributed by atoms with Crippen molar-refractivity contribution in [2.75, 3.05) is 17.1 Å². The predicted molar refractivity (Wildman–Crippen MR) is 119 cm³/mol. The zero-order valence-electron chi connectivity index (χ0n) is 16.7. The second-order valence-electron chi connectivity index (χ2n) is 7.26. The highest BCUT2D eigenvalue weighted by Gasteiger charge is 2.23. The molecule has 0 aliphatic heterocycles. The summed E-state index contributed by atoms with van der Waals surface area (Å²) >= 11 is 0. The number of hydrogen-bond acceptors (Lipinski definition) is 3. The van der Waals surface area contributed by atoms with Crippen LogP contribution in [-0.2, 0) is 21.2 Å². The van der Waals surface area contributed by atoms with E-state index in [9.17, 15) is 13.2 Å². The van der Waals surface area contributed by atoms with E-state index in [2.05, 4.69) is 17.4 Å². The van der Waals surface area contributed by atoms with Gasteiger partial charge in [0.1, 0.15) is 6.54 Å². The van der Waals surface area contributed by atoms with E-state index in [0.717, 1.165) is 29.9 Å². The van der Waals surface area contributed by atoms with Gasteiger partial charge in [-0.05, 0) is 36.8 Å². The molecular weight excluding hydrogens is 384 g/mol. The monoisotopic (exact) mass is 410 g/mol. The van der Waals surface area contributed by atoms with Crippen LogP contribution in [-0.4, -0.2) is 33.2 Å². The van der Waals surface area contributed by atoms with Crippen LogP contribution in [0.5, 0.6) is 0 Å². The topological polar surface area (TPSA) is 66.5 Å². The van der Waals surface area contributed by atoms with E-state index in [1.165, 1.54) is 9.87 Å². The van der Waals surface area contributed by atoms with Crippen LogP contribution in [0.25, 0.3) is 10.8 Å². The number of carbonyl (C=O) groups is 1. The Morgan fingerprint density at radius 1 is 0.966 bits per heavy atom. The zero-order valence-corrected chi connectivity index (χ0v) is 17.5. The van der Waals surface area contributed by atoms with Crippen molar-refractivity contribution in [2.45, 2.75) is 25.8 Å². The first-order chi connectivity index (χ1) is 13.8. The molecule has 29 heavy (non-hydrogen) atoms. The number of amides is 1. The fraction of sp³-hybridized carbons (Fsp3) is 0.261. The number of sulfonamides is 1. The van der Waals surface area contributed by atoms with Crippen LogP contribution in [0, 0.1) is 0 Å². The van der Waals surface area contributed by atoms with E-state index in [0.29, 0.717) is 5.69 Å². The molecule has 0 aliphatic carbocycles. The molecule has 0 fully saturated rings. The largest absolute Gasteiger partial charge is 0.352 e. The van der Waals surface area contributed by atoms with Gasteiger partial charge in [-0.3, -0.25) is 9.10 Å². The average Bonchev–Trinajstić information content (AvgIpc) is 2.70. The van der Waals surface area contributed by atoms with Crippen LogP contribution < -0.4 is 9.62 Å².